The molecule has 35 heavy (non-hydrogen) atoms. The first kappa shape index (κ1) is 27.6. The second-order valence-electron chi connectivity index (χ2n) is 9.66. The van der Waals surface area contributed by atoms with E-state index in [1.807, 2.05) is 74.5 Å². The van der Waals surface area contributed by atoms with Crippen molar-refractivity contribution >= 4 is 17.9 Å². The monoisotopic (exact) mass is 479 g/mol. The van der Waals surface area contributed by atoms with Crippen LogP contribution in [-0.4, -0.2) is 41.0 Å². The van der Waals surface area contributed by atoms with Gasteiger partial charge in [-0.25, -0.2) is 4.79 Å². The Morgan fingerprint density at radius 1 is 1.00 bits per heavy atom. The summed E-state index contributed by atoms with van der Waals surface area (Å²) in [5, 5.41) is 5.65. The van der Waals surface area contributed by atoms with E-state index in [4.69, 9.17) is 4.74 Å². The summed E-state index contributed by atoms with van der Waals surface area (Å²) in [5.41, 5.74) is 0.897. The lowest BCUT2D eigenvalue weighted by molar-refractivity contribution is -0.142. The molecule has 7 heteroatoms. The highest BCUT2D eigenvalue weighted by atomic mass is 16.6. The standard InChI is InChI=1S/C28H37N3O4/c1-7-18-31(26(33)23(20(2)3)30-27(34)35-28(4,5)6)24(22-16-12-9-13-17-22)25(32)29-19-21-14-10-8-11-15-21/h7-17,20,23-24H,1,18-19H2,2-6H3,(H,29,32)(H,30,34). The highest BCUT2D eigenvalue weighted by molar-refractivity contribution is 5.92. The molecule has 2 atom stereocenters. The molecule has 0 fully saturated rings. The minimum absolute atomic E-state index is 0.121. The summed E-state index contributed by atoms with van der Waals surface area (Å²) in [5.74, 6) is -0.962. The third-order valence-electron chi connectivity index (χ3n) is 5.20. The van der Waals surface area contributed by atoms with Gasteiger partial charge in [-0.2, -0.15) is 0 Å². The number of ether oxygens (including phenoxy) is 1. The molecular weight excluding hydrogens is 442 g/mol. The Kier molecular flexibility index (Phi) is 10.1. The molecule has 0 aliphatic rings. The van der Waals surface area contributed by atoms with E-state index in [2.05, 4.69) is 17.2 Å². The molecule has 0 aliphatic carbocycles. The molecular formula is C28H37N3O4. The lowest BCUT2D eigenvalue weighted by Crippen LogP contribution is -2.54. The summed E-state index contributed by atoms with van der Waals surface area (Å²) in [7, 11) is 0. The summed E-state index contributed by atoms with van der Waals surface area (Å²) in [6.07, 6.45) is 0.885. The second-order valence-corrected chi connectivity index (χ2v) is 9.66. The molecule has 0 radical (unpaired) electrons. The van der Waals surface area contributed by atoms with Crippen LogP contribution in [0.3, 0.4) is 0 Å². The quantitative estimate of drug-likeness (QED) is 0.487. The molecule has 2 rings (SSSR count). The third-order valence-corrected chi connectivity index (χ3v) is 5.20. The molecule has 188 valence electrons. The summed E-state index contributed by atoms with van der Waals surface area (Å²) < 4.78 is 5.37. The zero-order valence-electron chi connectivity index (χ0n) is 21.3. The molecule has 2 N–H and O–H groups in total. The van der Waals surface area contributed by atoms with Crippen molar-refractivity contribution in [2.24, 2.45) is 5.92 Å². The summed E-state index contributed by atoms with van der Waals surface area (Å²) in [4.78, 5) is 41.2. The van der Waals surface area contributed by atoms with Gasteiger partial charge in [-0.1, -0.05) is 80.6 Å². The van der Waals surface area contributed by atoms with Gasteiger partial charge in [0, 0.05) is 13.1 Å². The van der Waals surface area contributed by atoms with E-state index in [0.717, 1.165) is 5.56 Å². The van der Waals surface area contributed by atoms with E-state index in [0.29, 0.717) is 12.1 Å². The average molecular weight is 480 g/mol. The fraction of sp³-hybridized carbons (Fsp3) is 0.393. The van der Waals surface area contributed by atoms with Gasteiger partial charge >= 0.3 is 6.09 Å². The van der Waals surface area contributed by atoms with Crippen molar-refractivity contribution in [2.75, 3.05) is 6.54 Å². The number of hydrogen-bond donors (Lipinski definition) is 2. The smallest absolute Gasteiger partial charge is 0.408 e. The van der Waals surface area contributed by atoms with E-state index in [1.165, 1.54) is 4.90 Å². The molecule has 2 aromatic carbocycles. The van der Waals surface area contributed by atoms with Crippen molar-refractivity contribution in [2.45, 2.75) is 58.8 Å². The van der Waals surface area contributed by atoms with Crippen LogP contribution >= 0.6 is 0 Å². The topological polar surface area (TPSA) is 87.7 Å². The summed E-state index contributed by atoms with van der Waals surface area (Å²) in [6.45, 7) is 13.2. The zero-order valence-corrected chi connectivity index (χ0v) is 21.3. The Bertz CT molecular complexity index is 984. The number of carbonyl (C=O) groups is 3. The lowest BCUT2D eigenvalue weighted by Gasteiger charge is -2.35. The van der Waals surface area contributed by atoms with E-state index >= 15 is 0 Å². The zero-order chi connectivity index (χ0) is 26.0. The van der Waals surface area contributed by atoms with Gasteiger partial charge in [-0.05, 0) is 37.8 Å². The first-order chi connectivity index (χ1) is 16.5. The van der Waals surface area contributed by atoms with E-state index in [-0.39, 0.29) is 18.4 Å². The maximum atomic E-state index is 13.8. The molecule has 0 spiro atoms. The Morgan fingerprint density at radius 2 is 1.57 bits per heavy atom. The largest absolute Gasteiger partial charge is 0.444 e. The first-order valence-electron chi connectivity index (χ1n) is 11.8. The van der Waals surface area contributed by atoms with Crippen LogP contribution in [0.25, 0.3) is 0 Å². The van der Waals surface area contributed by atoms with E-state index < -0.39 is 29.7 Å². The Balaban J connectivity index is 2.36. The molecule has 0 bridgehead atoms. The van der Waals surface area contributed by atoms with Crippen LogP contribution in [0, 0.1) is 5.92 Å². The highest BCUT2D eigenvalue weighted by Gasteiger charge is 2.36. The van der Waals surface area contributed by atoms with Crippen molar-refractivity contribution in [1.29, 1.82) is 0 Å². The molecule has 0 aliphatic heterocycles. The summed E-state index contributed by atoms with van der Waals surface area (Å²) >= 11 is 0. The maximum absolute atomic E-state index is 13.8. The predicted molar refractivity (Wildman–Crippen MR) is 137 cm³/mol. The molecule has 0 aromatic heterocycles. The number of alkyl carbamates (subject to hydrolysis) is 1. The molecule has 7 nitrogen and oxygen atoms in total. The maximum Gasteiger partial charge on any atom is 0.408 e. The van der Waals surface area contributed by atoms with Gasteiger partial charge in [0.1, 0.15) is 17.7 Å². The Labute approximate surface area is 208 Å². The van der Waals surface area contributed by atoms with Crippen LogP contribution in [0.1, 0.15) is 51.8 Å². The number of hydrogen-bond acceptors (Lipinski definition) is 4. The van der Waals surface area contributed by atoms with Crippen molar-refractivity contribution in [1.82, 2.24) is 15.5 Å². The Morgan fingerprint density at radius 3 is 2.09 bits per heavy atom. The van der Waals surface area contributed by atoms with Gasteiger partial charge in [0.15, 0.2) is 0 Å². The van der Waals surface area contributed by atoms with Gasteiger partial charge in [-0.3, -0.25) is 9.59 Å². The molecule has 2 aromatic rings. The number of amides is 3. The first-order valence-corrected chi connectivity index (χ1v) is 11.8. The van der Waals surface area contributed by atoms with Crippen LogP contribution in [-0.2, 0) is 20.9 Å². The van der Waals surface area contributed by atoms with Crippen molar-refractivity contribution in [3.05, 3.63) is 84.4 Å². The predicted octanol–water partition coefficient (Wildman–Crippen LogP) is 4.61. The van der Waals surface area contributed by atoms with Gasteiger partial charge in [0.2, 0.25) is 11.8 Å². The van der Waals surface area contributed by atoms with Crippen molar-refractivity contribution in [3.8, 4) is 0 Å². The fourth-order valence-electron chi connectivity index (χ4n) is 3.58. The van der Waals surface area contributed by atoms with Gasteiger partial charge in [-0.15, -0.1) is 6.58 Å². The molecule has 3 amide bonds. The molecule has 0 heterocycles. The van der Waals surface area contributed by atoms with Crippen LogP contribution in [0.15, 0.2) is 73.3 Å². The molecule has 0 saturated carbocycles. The van der Waals surface area contributed by atoms with E-state index in [9.17, 15) is 14.4 Å². The molecule has 0 saturated heterocycles. The van der Waals surface area contributed by atoms with Crippen LogP contribution in [0.5, 0.6) is 0 Å². The second kappa shape index (κ2) is 12.7. The van der Waals surface area contributed by atoms with Gasteiger partial charge in [0.05, 0.1) is 0 Å². The number of carbonyl (C=O) groups excluding carboxylic acids is 3. The highest BCUT2D eigenvalue weighted by Crippen LogP contribution is 2.24. The minimum Gasteiger partial charge on any atom is -0.444 e. The third kappa shape index (κ3) is 8.59. The number of rotatable bonds is 10. The average Bonchev–Trinajstić information content (AvgIpc) is 2.80. The SMILES string of the molecule is C=CCN(C(=O)C(NC(=O)OC(C)(C)C)C(C)C)C(C(=O)NCc1ccccc1)c1ccccc1. The van der Waals surface area contributed by atoms with Crippen LogP contribution < -0.4 is 10.6 Å². The molecule has 2 unspecified atom stereocenters. The van der Waals surface area contributed by atoms with Crippen molar-refractivity contribution < 1.29 is 19.1 Å². The Hall–Kier alpha value is -3.61. The van der Waals surface area contributed by atoms with Crippen LogP contribution in [0.4, 0.5) is 4.79 Å². The number of benzene rings is 2. The number of nitrogens with one attached hydrogen (secondary N) is 2. The minimum atomic E-state index is -0.910. The van der Waals surface area contributed by atoms with Gasteiger partial charge in [0.25, 0.3) is 0 Å². The normalized spacial score (nSPS) is 12.9. The van der Waals surface area contributed by atoms with Crippen LogP contribution in [0.2, 0.25) is 0 Å². The number of nitrogens with zero attached hydrogens (tertiary/aromatic N) is 1. The van der Waals surface area contributed by atoms with Crippen molar-refractivity contribution in [3.63, 3.8) is 0 Å². The summed E-state index contributed by atoms with van der Waals surface area (Å²) in [6, 6.07) is 16.9. The van der Waals surface area contributed by atoms with Gasteiger partial charge < -0.3 is 20.3 Å². The lowest BCUT2D eigenvalue weighted by atomic mass is 9.99. The fourth-order valence-corrected chi connectivity index (χ4v) is 3.58. The van der Waals surface area contributed by atoms with E-state index in [1.54, 1.807) is 26.8 Å².